The number of hydrogen-bond donors (Lipinski definition) is 1. The van der Waals surface area contributed by atoms with E-state index in [1.54, 1.807) is 25.4 Å². The molecule has 1 aliphatic rings. The molecule has 1 aromatic heterocycles. The summed E-state index contributed by atoms with van der Waals surface area (Å²) in [6.07, 6.45) is 3.61. The zero-order valence-corrected chi connectivity index (χ0v) is 9.40. The zero-order chi connectivity index (χ0) is 11.4. The molecule has 1 aliphatic heterocycles. The molecule has 0 amide bonds. The molecule has 4 heteroatoms. The quantitative estimate of drug-likeness (QED) is 0.779. The molecule has 2 heterocycles. The molecule has 2 rings (SSSR count). The first-order valence-corrected chi connectivity index (χ1v) is 5.57. The fourth-order valence-electron chi connectivity index (χ4n) is 2.01. The number of carbonyl (C=O) groups is 1. The average molecular weight is 220 g/mol. The second kappa shape index (κ2) is 5.07. The van der Waals surface area contributed by atoms with Crippen LogP contribution in [0.15, 0.2) is 18.3 Å². The van der Waals surface area contributed by atoms with Crippen molar-refractivity contribution in [2.24, 2.45) is 5.92 Å². The van der Waals surface area contributed by atoms with Crippen LogP contribution in [0.1, 0.15) is 23.3 Å². The number of rotatable bonds is 3. The van der Waals surface area contributed by atoms with Gasteiger partial charge in [0.2, 0.25) is 0 Å². The van der Waals surface area contributed by atoms with Crippen LogP contribution in [0, 0.1) is 5.92 Å². The normalized spacial score (nSPS) is 20.4. The van der Waals surface area contributed by atoms with Crippen molar-refractivity contribution in [3.05, 3.63) is 24.0 Å². The number of aromatic nitrogens is 1. The van der Waals surface area contributed by atoms with Crippen LogP contribution in [0.25, 0.3) is 0 Å². The van der Waals surface area contributed by atoms with Gasteiger partial charge in [-0.3, -0.25) is 4.79 Å². The topological polar surface area (TPSA) is 51.2 Å². The number of pyridine rings is 1. The van der Waals surface area contributed by atoms with Gasteiger partial charge in [-0.2, -0.15) is 0 Å². The number of piperidine rings is 1. The number of ketones is 1. The van der Waals surface area contributed by atoms with E-state index in [9.17, 15) is 4.79 Å². The minimum Gasteiger partial charge on any atom is -0.494 e. The molecule has 0 aromatic carbocycles. The van der Waals surface area contributed by atoms with Crippen LogP contribution < -0.4 is 10.1 Å². The van der Waals surface area contributed by atoms with Crippen molar-refractivity contribution in [1.29, 1.82) is 0 Å². The van der Waals surface area contributed by atoms with Gasteiger partial charge in [0.25, 0.3) is 0 Å². The van der Waals surface area contributed by atoms with Crippen molar-refractivity contribution >= 4 is 5.78 Å². The van der Waals surface area contributed by atoms with Crippen LogP contribution in [-0.2, 0) is 0 Å². The van der Waals surface area contributed by atoms with Crippen LogP contribution in [0.2, 0.25) is 0 Å². The first-order chi connectivity index (χ1) is 7.83. The third-order valence-electron chi connectivity index (χ3n) is 2.89. The number of ether oxygens (including phenoxy) is 1. The molecule has 1 unspecified atom stereocenters. The number of nitrogens with zero attached hydrogens (tertiary/aromatic N) is 1. The Morgan fingerprint density at radius 1 is 1.62 bits per heavy atom. The first kappa shape index (κ1) is 11.1. The van der Waals surface area contributed by atoms with Gasteiger partial charge < -0.3 is 10.1 Å². The van der Waals surface area contributed by atoms with E-state index in [0.717, 1.165) is 25.9 Å². The molecule has 0 spiro atoms. The van der Waals surface area contributed by atoms with Crippen molar-refractivity contribution in [3.63, 3.8) is 0 Å². The molecule has 16 heavy (non-hydrogen) atoms. The minimum absolute atomic E-state index is 0.0394. The van der Waals surface area contributed by atoms with Gasteiger partial charge >= 0.3 is 0 Å². The van der Waals surface area contributed by atoms with Crippen molar-refractivity contribution in [2.75, 3.05) is 20.2 Å². The van der Waals surface area contributed by atoms with Gasteiger partial charge in [0.15, 0.2) is 5.78 Å². The van der Waals surface area contributed by atoms with E-state index in [4.69, 9.17) is 4.74 Å². The van der Waals surface area contributed by atoms with Crippen molar-refractivity contribution in [2.45, 2.75) is 12.8 Å². The maximum absolute atomic E-state index is 12.2. The van der Waals surface area contributed by atoms with E-state index in [1.165, 1.54) is 0 Å². The van der Waals surface area contributed by atoms with E-state index in [1.807, 2.05) is 0 Å². The number of methoxy groups -OCH3 is 1. The minimum atomic E-state index is 0.0394. The van der Waals surface area contributed by atoms with Gasteiger partial charge in [-0.15, -0.1) is 0 Å². The molecule has 1 saturated heterocycles. The Morgan fingerprint density at radius 3 is 3.19 bits per heavy atom. The highest BCUT2D eigenvalue weighted by atomic mass is 16.5. The summed E-state index contributed by atoms with van der Waals surface area (Å²) in [5.41, 5.74) is 0.457. The molecule has 1 N–H and O–H groups in total. The van der Waals surface area contributed by atoms with Gasteiger partial charge in [-0.1, -0.05) is 0 Å². The second-order valence-corrected chi connectivity index (χ2v) is 3.96. The lowest BCUT2D eigenvalue weighted by molar-refractivity contribution is 0.0891. The summed E-state index contributed by atoms with van der Waals surface area (Å²) in [4.78, 5) is 16.3. The van der Waals surface area contributed by atoms with Crippen LogP contribution in [0.5, 0.6) is 5.75 Å². The summed E-state index contributed by atoms with van der Waals surface area (Å²) in [6, 6.07) is 3.55. The Hall–Kier alpha value is -1.42. The van der Waals surface area contributed by atoms with Crippen LogP contribution in [-0.4, -0.2) is 31.0 Å². The predicted octanol–water partition coefficient (Wildman–Crippen LogP) is 1.27. The highest BCUT2D eigenvalue weighted by Crippen LogP contribution is 2.21. The molecular formula is C12H16N2O2. The summed E-state index contributed by atoms with van der Waals surface area (Å²) < 4.78 is 5.15. The lowest BCUT2D eigenvalue weighted by atomic mass is 9.93. The van der Waals surface area contributed by atoms with Gasteiger partial charge in [-0.25, -0.2) is 4.98 Å². The number of nitrogens with one attached hydrogen (secondary N) is 1. The zero-order valence-electron chi connectivity index (χ0n) is 9.40. The third kappa shape index (κ3) is 2.22. The fourth-order valence-corrected chi connectivity index (χ4v) is 2.01. The third-order valence-corrected chi connectivity index (χ3v) is 2.89. The maximum atomic E-state index is 12.2. The second-order valence-electron chi connectivity index (χ2n) is 3.96. The number of carbonyl (C=O) groups excluding carboxylic acids is 1. The Bertz CT molecular complexity index is 373. The highest BCUT2D eigenvalue weighted by Gasteiger charge is 2.25. The van der Waals surface area contributed by atoms with E-state index >= 15 is 0 Å². The average Bonchev–Trinajstić information content (AvgIpc) is 2.39. The van der Waals surface area contributed by atoms with E-state index in [-0.39, 0.29) is 11.7 Å². The predicted molar refractivity (Wildman–Crippen MR) is 60.7 cm³/mol. The molecule has 0 bridgehead atoms. The van der Waals surface area contributed by atoms with E-state index in [2.05, 4.69) is 10.3 Å². The molecular weight excluding hydrogens is 204 g/mol. The summed E-state index contributed by atoms with van der Waals surface area (Å²) >= 11 is 0. The largest absolute Gasteiger partial charge is 0.494 e. The molecule has 1 atom stereocenters. The Kier molecular flexibility index (Phi) is 3.51. The summed E-state index contributed by atoms with van der Waals surface area (Å²) in [6.45, 7) is 1.75. The summed E-state index contributed by atoms with van der Waals surface area (Å²) in [7, 11) is 1.56. The standard InChI is InChI=1S/C12H16N2O2/c1-16-10-5-3-7-14-11(10)12(15)9-4-2-6-13-8-9/h3,5,7,9,13H,2,4,6,8H2,1H3. The molecule has 4 nitrogen and oxygen atoms in total. The molecule has 0 saturated carbocycles. The van der Waals surface area contributed by atoms with Gasteiger partial charge in [0.1, 0.15) is 11.4 Å². The lowest BCUT2D eigenvalue weighted by Crippen LogP contribution is -2.34. The van der Waals surface area contributed by atoms with Gasteiger partial charge in [-0.05, 0) is 31.5 Å². The first-order valence-electron chi connectivity index (χ1n) is 5.57. The van der Waals surface area contributed by atoms with Crippen molar-refractivity contribution in [3.8, 4) is 5.75 Å². The highest BCUT2D eigenvalue weighted by molar-refractivity contribution is 5.98. The Morgan fingerprint density at radius 2 is 2.50 bits per heavy atom. The molecule has 0 radical (unpaired) electrons. The molecule has 1 fully saturated rings. The van der Waals surface area contributed by atoms with Crippen LogP contribution in [0.3, 0.4) is 0 Å². The maximum Gasteiger partial charge on any atom is 0.189 e. The van der Waals surface area contributed by atoms with E-state index in [0.29, 0.717) is 11.4 Å². The van der Waals surface area contributed by atoms with Crippen molar-refractivity contribution in [1.82, 2.24) is 10.3 Å². The van der Waals surface area contributed by atoms with Crippen molar-refractivity contribution < 1.29 is 9.53 Å². The Labute approximate surface area is 95.0 Å². The van der Waals surface area contributed by atoms with Gasteiger partial charge in [0, 0.05) is 18.7 Å². The van der Waals surface area contributed by atoms with Crippen LogP contribution in [0.4, 0.5) is 0 Å². The molecule has 86 valence electrons. The fraction of sp³-hybridized carbons (Fsp3) is 0.500. The number of Topliss-reactive ketones (excluding diaryl/α,β-unsaturated/α-hetero) is 1. The summed E-state index contributed by atoms with van der Waals surface area (Å²) in [5.74, 6) is 0.695. The molecule has 0 aliphatic carbocycles. The monoisotopic (exact) mass is 220 g/mol. The van der Waals surface area contributed by atoms with Crippen LogP contribution >= 0.6 is 0 Å². The Balaban J connectivity index is 2.19. The summed E-state index contributed by atoms with van der Waals surface area (Å²) in [5, 5.41) is 3.23. The number of hydrogen-bond acceptors (Lipinski definition) is 4. The lowest BCUT2D eigenvalue weighted by Gasteiger charge is -2.21. The SMILES string of the molecule is COc1cccnc1C(=O)C1CCCNC1. The van der Waals surface area contributed by atoms with Gasteiger partial charge in [0.05, 0.1) is 7.11 Å². The molecule has 1 aromatic rings. The van der Waals surface area contributed by atoms with E-state index < -0.39 is 0 Å². The smallest absolute Gasteiger partial charge is 0.189 e.